The summed E-state index contributed by atoms with van der Waals surface area (Å²) in [5, 5.41) is 10.0. The molecule has 0 bridgehead atoms. The van der Waals surface area contributed by atoms with E-state index in [1.807, 2.05) is 0 Å². The molecular weight excluding hydrogens is 398 g/mol. The Balaban J connectivity index is 0.000000240. The van der Waals surface area contributed by atoms with Crippen LogP contribution in [0.15, 0.2) is 24.5 Å². The molecule has 0 amide bonds. The van der Waals surface area contributed by atoms with Gasteiger partial charge in [-0.2, -0.15) is 0 Å². The van der Waals surface area contributed by atoms with Crippen molar-refractivity contribution in [2.75, 3.05) is 0 Å². The maximum atomic E-state index is 10.7. The lowest BCUT2D eigenvalue weighted by molar-refractivity contribution is -0.136. The summed E-state index contributed by atoms with van der Waals surface area (Å²) in [6.07, 6.45) is 2.92. The summed E-state index contributed by atoms with van der Waals surface area (Å²) in [6.45, 7) is 1.49. The Morgan fingerprint density at radius 1 is 0.917 bits per heavy atom. The van der Waals surface area contributed by atoms with Crippen molar-refractivity contribution in [2.24, 2.45) is 0 Å². The first-order chi connectivity index (χ1) is 11.2. The number of carbonyl (C=O) groups excluding carboxylic acids is 1. The maximum absolute atomic E-state index is 10.7. The van der Waals surface area contributed by atoms with Crippen LogP contribution < -0.4 is 0 Å². The number of aliphatic carboxylic acids is 1. The van der Waals surface area contributed by atoms with Crippen LogP contribution in [-0.2, 0) is 22.4 Å². The molecule has 0 saturated heterocycles. The molecule has 0 saturated carbocycles. The number of pyridine rings is 2. The van der Waals surface area contributed by atoms with E-state index in [0.29, 0.717) is 26.5 Å². The number of carboxylic acid groups (broad SMARTS) is 1. The summed E-state index contributed by atoms with van der Waals surface area (Å²) in [4.78, 5) is 28.7. The number of rotatable bonds is 4. The van der Waals surface area contributed by atoms with Crippen molar-refractivity contribution in [3.63, 3.8) is 0 Å². The first-order valence-electron chi connectivity index (χ1n) is 6.50. The van der Waals surface area contributed by atoms with E-state index in [9.17, 15) is 9.59 Å². The average molecular weight is 410 g/mol. The highest BCUT2D eigenvalue weighted by atomic mass is 35.5. The molecule has 0 aromatic carbocycles. The van der Waals surface area contributed by atoms with Gasteiger partial charge in [0.05, 0.1) is 37.9 Å². The number of halogens is 4. The fourth-order valence-corrected chi connectivity index (χ4v) is 2.42. The Labute approximate surface area is 158 Å². The molecule has 0 fully saturated rings. The minimum absolute atomic E-state index is 0.0340. The Morgan fingerprint density at radius 2 is 1.33 bits per heavy atom. The molecular formula is C15H12Cl4N2O3. The molecule has 2 aromatic heterocycles. The SMILES string of the molecule is CC(=O)Cc1ncc(Cl)cc1Cl.O=C(O)Cc1ncc(Cl)cc1Cl. The normalized spacial score (nSPS) is 9.88. The van der Waals surface area contributed by atoms with E-state index >= 15 is 0 Å². The molecule has 0 aliphatic carbocycles. The zero-order valence-electron chi connectivity index (χ0n) is 12.4. The third-order valence-corrected chi connectivity index (χ3v) is 3.57. The third-order valence-electron chi connectivity index (χ3n) is 2.50. The number of Topliss-reactive ketones (excluding diaryl/α,β-unsaturated/α-hetero) is 1. The van der Waals surface area contributed by atoms with Crippen LogP contribution >= 0.6 is 46.4 Å². The van der Waals surface area contributed by atoms with Gasteiger partial charge in [0, 0.05) is 18.8 Å². The molecule has 0 atom stereocenters. The van der Waals surface area contributed by atoms with Gasteiger partial charge < -0.3 is 5.11 Å². The van der Waals surface area contributed by atoms with Crippen molar-refractivity contribution in [1.29, 1.82) is 0 Å². The highest BCUT2D eigenvalue weighted by molar-refractivity contribution is 6.35. The predicted molar refractivity (Wildman–Crippen MR) is 94.2 cm³/mol. The number of carboxylic acids is 1. The fraction of sp³-hybridized carbons (Fsp3) is 0.200. The first-order valence-corrected chi connectivity index (χ1v) is 8.01. The van der Waals surface area contributed by atoms with Crippen LogP contribution in [0, 0.1) is 0 Å². The third kappa shape index (κ3) is 7.45. The van der Waals surface area contributed by atoms with Crippen molar-refractivity contribution in [2.45, 2.75) is 19.8 Å². The molecule has 2 rings (SSSR count). The van der Waals surface area contributed by atoms with Gasteiger partial charge in [0.25, 0.3) is 0 Å². The molecule has 2 aromatic rings. The van der Waals surface area contributed by atoms with Gasteiger partial charge in [-0.25, -0.2) is 0 Å². The van der Waals surface area contributed by atoms with E-state index in [0.717, 1.165) is 0 Å². The summed E-state index contributed by atoms with van der Waals surface area (Å²) in [5.41, 5.74) is 0.905. The quantitative estimate of drug-likeness (QED) is 0.801. The van der Waals surface area contributed by atoms with Crippen LogP contribution in [0.25, 0.3) is 0 Å². The number of nitrogens with zero attached hydrogens (tertiary/aromatic N) is 2. The zero-order valence-corrected chi connectivity index (χ0v) is 15.4. The molecule has 5 nitrogen and oxygen atoms in total. The van der Waals surface area contributed by atoms with Crippen molar-refractivity contribution in [3.05, 3.63) is 56.0 Å². The molecule has 0 unspecified atom stereocenters. The van der Waals surface area contributed by atoms with Gasteiger partial charge in [-0.3, -0.25) is 19.6 Å². The summed E-state index contributed by atoms with van der Waals surface area (Å²) in [7, 11) is 0. The Kier molecular flexibility index (Phi) is 8.42. The Hall–Kier alpha value is -1.40. The molecule has 0 spiro atoms. The average Bonchev–Trinajstić information content (AvgIpc) is 2.45. The van der Waals surface area contributed by atoms with Crippen LogP contribution in [0.5, 0.6) is 0 Å². The van der Waals surface area contributed by atoms with Crippen LogP contribution in [0.4, 0.5) is 0 Å². The largest absolute Gasteiger partial charge is 0.481 e. The van der Waals surface area contributed by atoms with Crippen LogP contribution in [-0.4, -0.2) is 26.8 Å². The molecule has 2 heterocycles. The summed E-state index contributed by atoms with van der Waals surface area (Å²) >= 11 is 22.6. The predicted octanol–water partition coefficient (Wildman–Crippen LogP) is 4.54. The number of hydrogen-bond donors (Lipinski definition) is 1. The zero-order chi connectivity index (χ0) is 18.3. The highest BCUT2D eigenvalue weighted by Gasteiger charge is 2.07. The summed E-state index contributed by atoms with van der Waals surface area (Å²) in [5.74, 6) is -0.932. The molecule has 0 aliphatic heterocycles. The second-order valence-electron chi connectivity index (χ2n) is 4.61. The lowest BCUT2D eigenvalue weighted by Gasteiger charge is -1.99. The number of hydrogen-bond acceptors (Lipinski definition) is 4. The monoisotopic (exact) mass is 408 g/mol. The van der Waals surface area contributed by atoms with Crippen LogP contribution in [0.1, 0.15) is 18.3 Å². The number of aromatic nitrogens is 2. The molecule has 0 radical (unpaired) electrons. The lowest BCUT2D eigenvalue weighted by Crippen LogP contribution is -2.02. The fourth-order valence-electron chi connectivity index (χ4n) is 1.52. The van der Waals surface area contributed by atoms with E-state index in [4.69, 9.17) is 51.5 Å². The van der Waals surface area contributed by atoms with Crippen LogP contribution in [0.2, 0.25) is 20.1 Å². The van der Waals surface area contributed by atoms with E-state index in [1.165, 1.54) is 25.4 Å². The topological polar surface area (TPSA) is 80.2 Å². The molecule has 0 aliphatic rings. The summed E-state index contributed by atoms with van der Waals surface area (Å²) in [6, 6.07) is 3.04. The number of carbonyl (C=O) groups is 2. The first kappa shape index (κ1) is 20.6. The maximum Gasteiger partial charge on any atom is 0.309 e. The molecule has 24 heavy (non-hydrogen) atoms. The second-order valence-corrected chi connectivity index (χ2v) is 6.30. The minimum Gasteiger partial charge on any atom is -0.481 e. The van der Waals surface area contributed by atoms with Gasteiger partial charge in [-0.1, -0.05) is 46.4 Å². The second kappa shape index (κ2) is 9.79. The van der Waals surface area contributed by atoms with Gasteiger partial charge in [0.15, 0.2) is 0 Å². The van der Waals surface area contributed by atoms with E-state index in [-0.39, 0.29) is 23.6 Å². The molecule has 1 N–H and O–H groups in total. The van der Waals surface area contributed by atoms with E-state index < -0.39 is 5.97 Å². The molecule has 9 heteroatoms. The highest BCUT2D eigenvalue weighted by Crippen LogP contribution is 2.19. The number of ketones is 1. The van der Waals surface area contributed by atoms with E-state index in [1.54, 1.807) is 6.07 Å². The smallest absolute Gasteiger partial charge is 0.309 e. The van der Waals surface area contributed by atoms with Crippen molar-refractivity contribution in [1.82, 2.24) is 9.97 Å². The van der Waals surface area contributed by atoms with Gasteiger partial charge in [0.1, 0.15) is 5.78 Å². The van der Waals surface area contributed by atoms with Gasteiger partial charge in [-0.15, -0.1) is 0 Å². The Bertz CT molecular complexity index is 690. The van der Waals surface area contributed by atoms with Crippen molar-refractivity contribution in [3.8, 4) is 0 Å². The minimum atomic E-state index is -0.966. The van der Waals surface area contributed by atoms with Gasteiger partial charge in [-0.05, 0) is 19.1 Å². The molecule has 128 valence electrons. The summed E-state index contributed by atoms with van der Waals surface area (Å²) < 4.78 is 0. The van der Waals surface area contributed by atoms with Crippen molar-refractivity contribution < 1.29 is 14.7 Å². The van der Waals surface area contributed by atoms with Gasteiger partial charge >= 0.3 is 5.97 Å². The standard InChI is InChI=1S/C8H7Cl2NO.C7H5Cl2NO2/c1-5(12)2-8-7(10)3-6(9)4-11-8;8-4-1-5(9)6(10-3-4)2-7(11)12/h3-4H,2H2,1H3;1,3H,2H2,(H,11,12). The van der Waals surface area contributed by atoms with Gasteiger partial charge in [0.2, 0.25) is 0 Å². The van der Waals surface area contributed by atoms with Crippen LogP contribution in [0.3, 0.4) is 0 Å². The van der Waals surface area contributed by atoms with Crippen molar-refractivity contribution >= 4 is 58.2 Å². The van der Waals surface area contributed by atoms with E-state index in [2.05, 4.69) is 9.97 Å². The Morgan fingerprint density at radius 3 is 1.67 bits per heavy atom. The lowest BCUT2D eigenvalue weighted by atomic mass is 10.2.